The summed E-state index contributed by atoms with van der Waals surface area (Å²) >= 11 is 5.73. The summed E-state index contributed by atoms with van der Waals surface area (Å²) in [7, 11) is 2.90. The highest BCUT2D eigenvalue weighted by Crippen LogP contribution is 2.29. The number of methoxy groups -OCH3 is 2. The van der Waals surface area contributed by atoms with Crippen LogP contribution in [0.15, 0.2) is 52.2 Å². The Morgan fingerprint density at radius 3 is 2.55 bits per heavy atom. The summed E-state index contributed by atoms with van der Waals surface area (Å²) in [5.74, 6) is -0.663. The topological polar surface area (TPSA) is 102 Å². The fourth-order valence-corrected chi connectivity index (χ4v) is 2.76. The van der Waals surface area contributed by atoms with E-state index in [-0.39, 0.29) is 16.3 Å². The number of nitrogens with zero attached hydrogens (tertiary/aromatic N) is 1. The van der Waals surface area contributed by atoms with E-state index in [1.807, 2.05) is 0 Å². The van der Waals surface area contributed by atoms with E-state index in [1.165, 1.54) is 20.3 Å². The quantitative estimate of drug-likeness (QED) is 0.661. The third-order valence-corrected chi connectivity index (χ3v) is 4.33. The molecule has 29 heavy (non-hydrogen) atoms. The monoisotopic (exact) mass is 419 g/mol. The Kier molecular flexibility index (Phi) is 5.69. The zero-order chi connectivity index (χ0) is 21.1. The first-order chi connectivity index (χ1) is 13.8. The number of benzene rings is 2. The lowest BCUT2D eigenvalue weighted by molar-refractivity contribution is 0.102. The van der Waals surface area contributed by atoms with E-state index in [0.717, 1.165) is 18.3 Å². The van der Waals surface area contributed by atoms with Gasteiger partial charge in [-0.1, -0.05) is 11.6 Å². The molecule has 0 spiro atoms. The lowest BCUT2D eigenvalue weighted by Gasteiger charge is -2.12. The van der Waals surface area contributed by atoms with Gasteiger partial charge in [-0.3, -0.25) is 9.59 Å². The molecule has 0 saturated carbocycles. The van der Waals surface area contributed by atoms with Crippen molar-refractivity contribution in [1.29, 1.82) is 0 Å². The number of nitrogens with one attached hydrogen (secondary N) is 2. The second kappa shape index (κ2) is 8.19. The third-order valence-electron chi connectivity index (χ3n) is 4.04. The van der Waals surface area contributed by atoms with Crippen LogP contribution in [0.3, 0.4) is 0 Å². The minimum Gasteiger partial charge on any atom is -0.497 e. The predicted octanol–water partition coefficient (Wildman–Crippen LogP) is 2.59. The van der Waals surface area contributed by atoms with Gasteiger partial charge in [-0.2, -0.15) is 0 Å². The van der Waals surface area contributed by atoms with Gasteiger partial charge in [0.05, 0.1) is 30.6 Å². The van der Waals surface area contributed by atoms with Gasteiger partial charge < -0.3 is 19.8 Å². The van der Waals surface area contributed by atoms with Gasteiger partial charge in [-0.15, -0.1) is 0 Å². The van der Waals surface area contributed by atoms with Crippen LogP contribution in [0.4, 0.5) is 10.1 Å². The minimum absolute atomic E-state index is 0.0133. The molecule has 10 heteroatoms. The third kappa shape index (κ3) is 3.99. The molecule has 150 valence electrons. The highest BCUT2D eigenvalue weighted by atomic mass is 35.5. The van der Waals surface area contributed by atoms with Crippen molar-refractivity contribution >= 4 is 23.2 Å². The number of halogens is 2. The molecule has 0 atom stereocenters. The van der Waals surface area contributed by atoms with Crippen molar-refractivity contribution in [3.8, 4) is 17.2 Å². The number of anilines is 1. The van der Waals surface area contributed by atoms with Crippen LogP contribution in [-0.2, 0) is 0 Å². The first-order valence-corrected chi connectivity index (χ1v) is 8.57. The molecule has 0 aliphatic heterocycles. The number of hydrogen-bond donors (Lipinski definition) is 2. The molecule has 2 N–H and O–H groups in total. The van der Waals surface area contributed by atoms with E-state index < -0.39 is 23.0 Å². The fourth-order valence-electron chi connectivity index (χ4n) is 2.59. The van der Waals surface area contributed by atoms with Gasteiger partial charge in [0.1, 0.15) is 22.9 Å². The van der Waals surface area contributed by atoms with Crippen LogP contribution in [-0.4, -0.2) is 29.7 Å². The number of aromatic amines is 1. The molecule has 0 aliphatic rings. The summed E-state index contributed by atoms with van der Waals surface area (Å²) < 4.78 is 24.4. The Bertz CT molecular complexity index is 1210. The van der Waals surface area contributed by atoms with Crippen molar-refractivity contribution in [2.45, 2.75) is 0 Å². The second-order valence-corrected chi connectivity index (χ2v) is 6.17. The van der Waals surface area contributed by atoms with Crippen molar-refractivity contribution in [2.24, 2.45) is 0 Å². The van der Waals surface area contributed by atoms with Crippen LogP contribution in [0.2, 0.25) is 5.02 Å². The summed E-state index contributed by atoms with van der Waals surface area (Å²) in [4.78, 5) is 39.9. The number of rotatable bonds is 5. The Morgan fingerprint density at radius 1 is 1.14 bits per heavy atom. The van der Waals surface area contributed by atoms with Crippen molar-refractivity contribution in [1.82, 2.24) is 9.55 Å². The Morgan fingerprint density at radius 2 is 1.90 bits per heavy atom. The molecule has 3 rings (SSSR count). The standard InChI is InChI=1S/C19H15ClFN3O5/c1-28-11-4-6-15(16(8-11)29-2)23-17(25)12-9-22-19(27)24(18(12)26)10-3-5-14(21)13(20)7-10/h3-9H,1-2H3,(H,22,27)(H,23,25). The Hall–Kier alpha value is -3.59. The molecular formula is C19H15ClFN3O5. The summed E-state index contributed by atoms with van der Waals surface area (Å²) in [6.45, 7) is 0. The number of hydrogen-bond acceptors (Lipinski definition) is 5. The molecule has 1 heterocycles. The van der Waals surface area contributed by atoms with E-state index in [1.54, 1.807) is 18.2 Å². The van der Waals surface area contributed by atoms with E-state index in [9.17, 15) is 18.8 Å². The van der Waals surface area contributed by atoms with Gasteiger partial charge in [-0.25, -0.2) is 13.8 Å². The first kappa shape index (κ1) is 20.2. The maximum atomic E-state index is 13.4. The number of carbonyl (C=O) groups excluding carboxylic acids is 1. The van der Waals surface area contributed by atoms with Gasteiger partial charge in [0.25, 0.3) is 11.5 Å². The minimum atomic E-state index is -0.901. The molecule has 2 aromatic carbocycles. The van der Waals surface area contributed by atoms with E-state index >= 15 is 0 Å². The average molecular weight is 420 g/mol. The molecule has 1 aromatic heterocycles. The zero-order valence-corrected chi connectivity index (χ0v) is 16.0. The lowest BCUT2D eigenvalue weighted by atomic mass is 10.2. The van der Waals surface area contributed by atoms with Crippen LogP contribution in [0.5, 0.6) is 11.5 Å². The highest BCUT2D eigenvalue weighted by molar-refractivity contribution is 6.30. The zero-order valence-electron chi connectivity index (χ0n) is 15.3. The number of aromatic nitrogens is 2. The maximum Gasteiger partial charge on any atom is 0.333 e. The normalized spacial score (nSPS) is 10.5. The molecule has 0 bridgehead atoms. The number of amides is 1. The summed E-state index contributed by atoms with van der Waals surface area (Å²) in [5, 5.41) is 2.28. The number of ether oxygens (including phenoxy) is 2. The van der Waals surface area contributed by atoms with Crippen LogP contribution in [0.1, 0.15) is 10.4 Å². The Balaban J connectivity index is 2.02. The summed E-state index contributed by atoms with van der Waals surface area (Å²) in [6, 6.07) is 8.02. The number of H-pyrrole nitrogens is 1. The van der Waals surface area contributed by atoms with Crippen LogP contribution in [0.25, 0.3) is 5.69 Å². The first-order valence-electron chi connectivity index (χ1n) is 8.19. The van der Waals surface area contributed by atoms with Gasteiger partial charge in [0.2, 0.25) is 0 Å². The number of carbonyl (C=O) groups is 1. The SMILES string of the molecule is COc1ccc(NC(=O)c2c[nH]c(=O)n(-c3ccc(F)c(Cl)c3)c2=O)c(OC)c1. The maximum absolute atomic E-state index is 13.4. The van der Waals surface area contributed by atoms with Gasteiger partial charge in [0, 0.05) is 12.3 Å². The van der Waals surface area contributed by atoms with E-state index in [2.05, 4.69) is 10.3 Å². The molecule has 0 saturated heterocycles. The Labute approximate surface area is 168 Å². The van der Waals surface area contributed by atoms with Gasteiger partial charge >= 0.3 is 5.69 Å². The summed E-state index contributed by atoms with van der Waals surface area (Å²) in [5.41, 5.74) is -1.75. The molecule has 8 nitrogen and oxygen atoms in total. The highest BCUT2D eigenvalue weighted by Gasteiger charge is 2.18. The molecule has 0 fully saturated rings. The van der Waals surface area contributed by atoms with Gasteiger partial charge in [-0.05, 0) is 30.3 Å². The van der Waals surface area contributed by atoms with Gasteiger partial charge in [0.15, 0.2) is 0 Å². The predicted molar refractivity (Wildman–Crippen MR) is 105 cm³/mol. The molecule has 0 unspecified atom stereocenters. The van der Waals surface area contributed by atoms with Crippen molar-refractivity contribution in [3.05, 3.63) is 79.8 Å². The molecule has 1 amide bonds. The van der Waals surface area contributed by atoms with Crippen molar-refractivity contribution < 1.29 is 18.7 Å². The fraction of sp³-hybridized carbons (Fsp3) is 0.105. The second-order valence-electron chi connectivity index (χ2n) is 5.77. The largest absolute Gasteiger partial charge is 0.497 e. The van der Waals surface area contributed by atoms with Crippen LogP contribution in [0, 0.1) is 5.82 Å². The van der Waals surface area contributed by atoms with Crippen molar-refractivity contribution in [2.75, 3.05) is 19.5 Å². The smallest absolute Gasteiger partial charge is 0.333 e. The van der Waals surface area contributed by atoms with E-state index in [0.29, 0.717) is 21.8 Å². The molecular weight excluding hydrogens is 405 g/mol. The van der Waals surface area contributed by atoms with Crippen LogP contribution >= 0.6 is 11.6 Å². The summed E-state index contributed by atoms with van der Waals surface area (Å²) in [6.07, 6.45) is 0.998. The molecule has 0 aliphatic carbocycles. The van der Waals surface area contributed by atoms with E-state index in [4.69, 9.17) is 21.1 Å². The van der Waals surface area contributed by atoms with Crippen molar-refractivity contribution in [3.63, 3.8) is 0 Å². The molecule has 3 aromatic rings. The lowest BCUT2D eigenvalue weighted by Crippen LogP contribution is -2.38. The average Bonchev–Trinajstić information content (AvgIpc) is 2.70. The van der Waals surface area contributed by atoms with Crippen LogP contribution < -0.4 is 26.0 Å². The molecule has 0 radical (unpaired) electrons.